The number of para-hydroxylation sites is 2. The average Bonchev–Trinajstić information content (AvgIpc) is 2.92. The van der Waals surface area contributed by atoms with Crippen molar-refractivity contribution in [1.29, 1.82) is 0 Å². The summed E-state index contributed by atoms with van der Waals surface area (Å²) in [5, 5.41) is 1.94. The van der Waals surface area contributed by atoms with Crippen LogP contribution in [0.25, 0.3) is 11.0 Å². The maximum absolute atomic E-state index is 12.8. The predicted molar refractivity (Wildman–Crippen MR) is 93.3 cm³/mol. The minimum atomic E-state index is -4.68. The molecule has 10 heteroatoms. The molecule has 0 fully saturated rings. The first kappa shape index (κ1) is 19.0. The van der Waals surface area contributed by atoms with E-state index in [1.807, 2.05) is 24.3 Å². The molecule has 0 aliphatic heterocycles. The molecule has 27 heavy (non-hydrogen) atoms. The Morgan fingerprint density at radius 2 is 2.00 bits per heavy atom. The number of carbonyl (C=O) groups excluding carboxylic acids is 1. The third kappa shape index (κ3) is 3.97. The van der Waals surface area contributed by atoms with Crippen LogP contribution in [0.5, 0.6) is 0 Å². The SMILES string of the molecule is Cn1c(CNC(=O)Cn2cc(C(F)(F)F)cc(Cl)c2=O)nc2ccccc21. The molecule has 1 amide bonds. The van der Waals surface area contributed by atoms with Crippen molar-refractivity contribution in [3.63, 3.8) is 0 Å². The lowest BCUT2D eigenvalue weighted by Crippen LogP contribution is -2.33. The van der Waals surface area contributed by atoms with Gasteiger partial charge in [0.15, 0.2) is 0 Å². The summed E-state index contributed by atoms with van der Waals surface area (Å²) < 4.78 is 41.0. The van der Waals surface area contributed by atoms with E-state index in [0.29, 0.717) is 22.7 Å². The molecule has 1 aromatic carbocycles. The predicted octanol–water partition coefficient (Wildman–Crippen LogP) is 2.72. The van der Waals surface area contributed by atoms with Gasteiger partial charge in [-0.05, 0) is 18.2 Å². The van der Waals surface area contributed by atoms with Crippen LogP contribution in [-0.2, 0) is 31.1 Å². The van der Waals surface area contributed by atoms with E-state index in [2.05, 4.69) is 10.3 Å². The number of rotatable bonds is 4. The zero-order chi connectivity index (χ0) is 19.8. The second-order valence-electron chi connectivity index (χ2n) is 5.86. The normalized spacial score (nSPS) is 11.7. The highest BCUT2D eigenvalue weighted by molar-refractivity contribution is 6.30. The topological polar surface area (TPSA) is 68.9 Å². The summed E-state index contributed by atoms with van der Waals surface area (Å²) in [4.78, 5) is 28.4. The molecular formula is C17H14ClF3N4O2. The maximum atomic E-state index is 12.8. The summed E-state index contributed by atoms with van der Waals surface area (Å²) in [6, 6.07) is 7.93. The second kappa shape index (κ2) is 7.07. The van der Waals surface area contributed by atoms with Gasteiger partial charge < -0.3 is 14.5 Å². The number of nitrogens with zero attached hydrogens (tertiary/aromatic N) is 3. The average molecular weight is 399 g/mol. The monoisotopic (exact) mass is 398 g/mol. The van der Waals surface area contributed by atoms with Gasteiger partial charge in [-0.1, -0.05) is 23.7 Å². The highest BCUT2D eigenvalue weighted by Gasteiger charge is 2.32. The Kier molecular flexibility index (Phi) is 4.97. The molecule has 0 radical (unpaired) electrons. The van der Waals surface area contributed by atoms with Crippen molar-refractivity contribution in [2.75, 3.05) is 0 Å². The van der Waals surface area contributed by atoms with Crippen LogP contribution in [0.3, 0.4) is 0 Å². The molecular weight excluding hydrogens is 385 g/mol. The van der Waals surface area contributed by atoms with Gasteiger partial charge in [0.25, 0.3) is 5.56 Å². The van der Waals surface area contributed by atoms with Gasteiger partial charge in [-0.2, -0.15) is 13.2 Å². The van der Waals surface area contributed by atoms with Crippen molar-refractivity contribution in [3.8, 4) is 0 Å². The highest BCUT2D eigenvalue weighted by atomic mass is 35.5. The van der Waals surface area contributed by atoms with Crippen molar-refractivity contribution < 1.29 is 18.0 Å². The van der Waals surface area contributed by atoms with Crippen LogP contribution in [0.15, 0.2) is 41.3 Å². The summed E-state index contributed by atoms with van der Waals surface area (Å²) in [6.07, 6.45) is -4.11. The van der Waals surface area contributed by atoms with Gasteiger partial charge in [-0.15, -0.1) is 0 Å². The Hall–Kier alpha value is -2.81. The minimum Gasteiger partial charge on any atom is -0.347 e. The summed E-state index contributed by atoms with van der Waals surface area (Å²) >= 11 is 5.57. The quantitative estimate of drug-likeness (QED) is 0.734. The van der Waals surface area contributed by atoms with Crippen molar-refractivity contribution in [2.24, 2.45) is 7.05 Å². The number of nitrogens with one attached hydrogen (secondary N) is 1. The molecule has 0 saturated heterocycles. The fraction of sp³-hybridized carbons (Fsp3) is 0.235. The van der Waals surface area contributed by atoms with Crippen molar-refractivity contribution in [1.82, 2.24) is 19.4 Å². The Bertz CT molecular complexity index is 1070. The Labute approximate surface area is 156 Å². The number of amides is 1. The number of hydrogen-bond donors (Lipinski definition) is 1. The van der Waals surface area contributed by atoms with Gasteiger partial charge >= 0.3 is 6.18 Å². The molecule has 0 bridgehead atoms. The summed E-state index contributed by atoms with van der Waals surface area (Å²) in [5.41, 5.74) is -0.342. The van der Waals surface area contributed by atoms with E-state index in [-0.39, 0.29) is 6.54 Å². The van der Waals surface area contributed by atoms with E-state index >= 15 is 0 Å². The first-order valence-corrected chi connectivity index (χ1v) is 8.19. The van der Waals surface area contributed by atoms with Gasteiger partial charge in [0.05, 0.1) is 23.1 Å². The summed E-state index contributed by atoms with van der Waals surface area (Å²) in [5.74, 6) is -0.0708. The zero-order valence-electron chi connectivity index (χ0n) is 14.0. The number of imidazole rings is 1. The van der Waals surface area contributed by atoms with Gasteiger partial charge in [-0.3, -0.25) is 9.59 Å². The lowest BCUT2D eigenvalue weighted by atomic mass is 10.2. The van der Waals surface area contributed by atoms with E-state index in [0.717, 1.165) is 11.0 Å². The molecule has 2 heterocycles. The van der Waals surface area contributed by atoms with Crippen LogP contribution in [0.2, 0.25) is 5.02 Å². The van der Waals surface area contributed by atoms with Crippen molar-refractivity contribution in [3.05, 3.63) is 63.3 Å². The number of alkyl halides is 3. The highest BCUT2D eigenvalue weighted by Crippen LogP contribution is 2.29. The molecule has 0 aliphatic carbocycles. The molecule has 3 rings (SSSR count). The Balaban J connectivity index is 1.75. The van der Waals surface area contributed by atoms with Crippen molar-refractivity contribution >= 4 is 28.5 Å². The second-order valence-corrected chi connectivity index (χ2v) is 6.27. The molecule has 0 spiro atoms. The fourth-order valence-corrected chi connectivity index (χ4v) is 2.84. The summed E-state index contributed by atoms with van der Waals surface area (Å²) in [7, 11) is 1.79. The first-order valence-electron chi connectivity index (χ1n) is 7.81. The number of benzene rings is 1. The molecule has 142 valence electrons. The number of aromatic nitrogens is 3. The third-order valence-electron chi connectivity index (χ3n) is 4.01. The van der Waals surface area contributed by atoms with E-state index in [1.165, 1.54) is 0 Å². The molecule has 3 aromatic rings. The standard InChI is InChI=1S/C17H14ClF3N4O2/c1-24-13-5-3-2-4-12(13)23-14(24)7-22-15(26)9-25-8-10(17(19,20)21)6-11(18)16(25)27/h2-6,8H,7,9H2,1H3,(H,22,26). The molecule has 0 saturated carbocycles. The van der Waals surface area contributed by atoms with E-state index in [1.54, 1.807) is 11.6 Å². The maximum Gasteiger partial charge on any atom is 0.417 e. The zero-order valence-corrected chi connectivity index (χ0v) is 14.8. The van der Waals surface area contributed by atoms with Crippen LogP contribution >= 0.6 is 11.6 Å². The minimum absolute atomic E-state index is 0.0610. The Morgan fingerprint density at radius 1 is 1.30 bits per heavy atom. The van der Waals surface area contributed by atoms with E-state index < -0.39 is 34.8 Å². The third-order valence-corrected chi connectivity index (χ3v) is 4.28. The fourth-order valence-electron chi connectivity index (χ4n) is 2.61. The van der Waals surface area contributed by atoms with Gasteiger partial charge in [0, 0.05) is 13.2 Å². The molecule has 0 aliphatic rings. The van der Waals surface area contributed by atoms with Crippen LogP contribution < -0.4 is 10.9 Å². The number of aryl methyl sites for hydroxylation is 1. The molecule has 0 unspecified atom stereocenters. The summed E-state index contributed by atoms with van der Waals surface area (Å²) in [6.45, 7) is -0.530. The lowest BCUT2D eigenvalue weighted by molar-refractivity contribution is -0.138. The number of halogens is 4. The van der Waals surface area contributed by atoms with Crippen molar-refractivity contribution in [2.45, 2.75) is 19.3 Å². The first-order chi connectivity index (χ1) is 12.7. The van der Waals surface area contributed by atoms with Gasteiger partial charge in [-0.25, -0.2) is 4.98 Å². The molecule has 0 atom stereocenters. The van der Waals surface area contributed by atoms with Crippen LogP contribution in [0.4, 0.5) is 13.2 Å². The number of hydrogen-bond acceptors (Lipinski definition) is 3. The number of carbonyl (C=O) groups is 1. The number of pyridine rings is 1. The molecule has 1 N–H and O–H groups in total. The smallest absolute Gasteiger partial charge is 0.347 e. The van der Waals surface area contributed by atoms with Crippen LogP contribution in [-0.4, -0.2) is 20.0 Å². The van der Waals surface area contributed by atoms with Crippen LogP contribution in [0, 0.1) is 0 Å². The van der Waals surface area contributed by atoms with Gasteiger partial charge in [0.2, 0.25) is 5.91 Å². The Morgan fingerprint density at radius 3 is 2.67 bits per heavy atom. The number of fused-ring (bicyclic) bond motifs is 1. The van der Waals surface area contributed by atoms with E-state index in [4.69, 9.17) is 11.6 Å². The molecule has 6 nitrogen and oxygen atoms in total. The largest absolute Gasteiger partial charge is 0.417 e. The molecule has 2 aromatic heterocycles. The van der Waals surface area contributed by atoms with E-state index in [9.17, 15) is 22.8 Å². The lowest BCUT2D eigenvalue weighted by Gasteiger charge is -2.12. The van der Waals surface area contributed by atoms with Gasteiger partial charge in [0.1, 0.15) is 17.4 Å². The van der Waals surface area contributed by atoms with Crippen LogP contribution in [0.1, 0.15) is 11.4 Å².